The highest BCUT2D eigenvalue weighted by Crippen LogP contribution is 2.44. The lowest BCUT2D eigenvalue weighted by Crippen LogP contribution is -1.94. The second kappa shape index (κ2) is 17.0. The Kier molecular flexibility index (Phi) is 10.2. The van der Waals surface area contributed by atoms with Crippen LogP contribution in [-0.2, 0) is 0 Å². The van der Waals surface area contributed by atoms with Crippen molar-refractivity contribution in [2.24, 2.45) is 0 Å². The minimum absolute atomic E-state index is 1.11. The lowest BCUT2D eigenvalue weighted by molar-refractivity contribution is 1.18. The van der Waals surface area contributed by atoms with Crippen LogP contribution in [0.2, 0.25) is 0 Å². The fourth-order valence-corrected chi connectivity index (χ4v) is 12.6. The van der Waals surface area contributed by atoms with Crippen LogP contribution in [0.25, 0.3) is 100 Å². The van der Waals surface area contributed by atoms with Crippen LogP contribution in [0.5, 0.6) is 0 Å². The second-order valence-electron chi connectivity index (χ2n) is 15.5. The fraction of sp³-hybridized carbons (Fsp3) is 0. The molecule has 5 nitrogen and oxygen atoms in total. The van der Waals surface area contributed by atoms with Gasteiger partial charge in [-0.15, -0.1) is 45.3 Å². The molecule has 12 rings (SSSR count). The Labute approximate surface area is 391 Å². The van der Waals surface area contributed by atoms with Gasteiger partial charge in [0.1, 0.15) is 0 Å². The zero-order valence-electron chi connectivity index (χ0n) is 34.6. The summed E-state index contributed by atoms with van der Waals surface area (Å²) in [6, 6.07) is 57.4. The van der Waals surface area contributed by atoms with E-state index in [1.165, 1.54) is 83.1 Å². The number of rotatable bonds is 10. The predicted molar refractivity (Wildman–Crippen MR) is 276 cm³/mol. The summed E-state index contributed by atoms with van der Waals surface area (Å²) in [6.45, 7) is 0. The second-order valence-corrected chi connectivity index (χ2v) is 19.9. The van der Waals surface area contributed by atoms with Crippen molar-refractivity contribution in [1.29, 1.82) is 0 Å². The normalized spacial score (nSPS) is 11.4. The Bertz CT molecular complexity index is 3420. The quantitative estimate of drug-likeness (QED) is 0.137. The number of thiophene rings is 4. The van der Waals surface area contributed by atoms with Gasteiger partial charge in [0, 0.05) is 105 Å². The summed E-state index contributed by atoms with van der Waals surface area (Å²) < 4.78 is 2.41. The van der Waals surface area contributed by atoms with Gasteiger partial charge in [-0.3, -0.25) is 19.9 Å². The smallest absolute Gasteiger partial charge is 0.0541 e. The third kappa shape index (κ3) is 7.64. The lowest BCUT2D eigenvalue weighted by atomic mass is 9.97. The van der Waals surface area contributed by atoms with E-state index in [-0.39, 0.29) is 0 Å². The molecule has 0 bridgehead atoms. The summed E-state index contributed by atoms with van der Waals surface area (Å²) >= 11 is 7.34. The van der Waals surface area contributed by atoms with Crippen LogP contribution < -0.4 is 0 Å². The van der Waals surface area contributed by atoms with Crippen molar-refractivity contribution in [2.75, 3.05) is 0 Å². The largest absolute Gasteiger partial charge is 0.309 e. The molecule has 0 aliphatic rings. The van der Waals surface area contributed by atoms with Gasteiger partial charge in [0.15, 0.2) is 0 Å². The van der Waals surface area contributed by atoms with E-state index in [0.717, 1.165) is 28.0 Å². The first-order valence-electron chi connectivity index (χ1n) is 21.1. The third-order valence-corrected chi connectivity index (χ3v) is 16.5. The minimum atomic E-state index is 1.11. The highest BCUT2D eigenvalue weighted by Gasteiger charge is 2.18. The molecule has 0 amide bonds. The van der Waals surface area contributed by atoms with Crippen molar-refractivity contribution in [1.82, 2.24) is 24.5 Å². The maximum absolute atomic E-state index is 4.27. The van der Waals surface area contributed by atoms with Crippen LogP contribution in [0.3, 0.4) is 0 Å². The van der Waals surface area contributed by atoms with Crippen LogP contribution in [0.15, 0.2) is 207 Å². The number of fused-ring (bicyclic) bond motifs is 3. The van der Waals surface area contributed by atoms with E-state index in [1.54, 1.807) is 0 Å². The van der Waals surface area contributed by atoms with Gasteiger partial charge in [0.05, 0.1) is 11.0 Å². The summed E-state index contributed by atoms with van der Waals surface area (Å²) in [5.41, 5.74) is 12.7. The minimum Gasteiger partial charge on any atom is -0.309 e. The van der Waals surface area contributed by atoms with Gasteiger partial charge in [-0.25, -0.2) is 0 Å². The average molecular weight is 906 g/mol. The van der Waals surface area contributed by atoms with Gasteiger partial charge in [-0.1, -0.05) is 24.3 Å². The summed E-state index contributed by atoms with van der Waals surface area (Å²) in [5.74, 6) is 0. The van der Waals surface area contributed by atoms with Crippen LogP contribution in [0, 0.1) is 0 Å². The van der Waals surface area contributed by atoms with Gasteiger partial charge in [0.25, 0.3) is 0 Å². The topological polar surface area (TPSA) is 56.5 Å². The maximum atomic E-state index is 4.27. The monoisotopic (exact) mass is 905 g/mol. The van der Waals surface area contributed by atoms with E-state index in [0.29, 0.717) is 0 Å². The standard InChI is InChI=1S/C56H35N5S4/c1-5-43(6-2-36(1)33-44(37-17-25-57-26-18-37)38-19-27-58-28-20-38)61-47-7-3-41(51-11-15-55(64-51)53-13-9-49(62-53)39-21-29-59-30-22-39)34-45(47)46-35-42(4-8-48(46)61)52-12-16-56(65-52)54-14-10-50(63-54)40-23-31-60-32-24-40/h1-35H. The first-order valence-corrected chi connectivity index (χ1v) is 24.4. The molecule has 0 atom stereocenters. The van der Waals surface area contributed by atoms with Crippen molar-refractivity contribution < 1.29 is 0 Å². The van der Waals surface area contributed by atoms with E-state index in [2.05, 4.69) is 188 Å². The van der Waals surface area contributed by atoms with Crippen molar-refractivity contribution in [3.8, 4) is 67.0 Å². The molecule has 0 spiro atoms. The molecule has 0 radical (unpaired) electrons. The van der Waals surface area contributed by atoms with E-state index >= 15 is 0 Å². The average Bonchev–Trinajstić information content (AvgIpc) is 4.24. The fourth-order valence-electron chi connectivity index (χ4n) is 8.42. The first-order chi connectivity index (χ1) is 32.2. The highest BCUT2D eigenvalue weighted by atomic mass is 32.1. The molecule has 0 fully saturated rings. The molecule has 0 aliphatic carbocycles. The summed E-state index contributed by atoms with van der Waals surface area (Å²) in [6.07, 6.45) is 17.0. The van der Waals surface area contributed by atoms with Gasteiger partial charge in [0.2, 0.25) is 0 Å². The molecule has 9 aromatic heterocycles. The molecule has 0 saturated carbocycles. The Hall–Kier alpha value is -7.40. The van der Waals surface area contributed by atoms with Crippen molar-refractivity contribution in [3.05, 3.63) is 224 Å². The number of pyridine rings is 4. The van der Waals surface area contributed by atoms with Crippen molar-refractivity contribution in [2.45, 2.75) is 0 Å². The Morgan fingerprint density at radius 2 is 0.692 bits per heavy atom. The number of benzene rings is 3. The SMILES string of the molecule is C(=C(c1ccncc1)c1ccncc1)c1ccc(-n2c3ccc(-c4ccc(-c5ccc(-c6ccncc6)s5)s4)cc3c3cc(-c4ccc(-c5ccc(-c6ccncc6)s5)s4)ccc32)cc1. The molecule has 3 aromatic carbocycles. The maximum Gasteiger partial charge on any atom is 0.0541 e. The predicted octanol–water partition coefficient (Wildman–Crippen LogP) is 16.2. The molecule has 0 saturated heterocycles. The lowest BCUT2D eigenvalue weighted by Gasteiger charge is -2.11. The molecule has 0 N–H and O–H groups in total. The molecule has 0 unspecified atom stereocenters. The van der Waals surface area contributed by atoms with E-state index in [4.69, 9.17) is 0 Å². The summed E-state index contributed by atoms with van der Waals surface area (Å²) in [5, 5.41) is 2.45. The molecule has 9 heteroatoms. The summed E-state index contributed by atoms with van der Waals surface area (Å²) in [4.78, 5) is 27.0. The molecule has 9 heterocycles. The van der Waals surface area contributed by atoms with Crippen LogP contribution >= 0.6 is 45.3 Å². The molecular weight excluding hydrogens is 871 g/mol. The van der Waals surface area contributed by atoms with Crippen molar-refractivity contribution in [3.63, 3.8) is 0 Å². The van der Waals surface area contributed by atoms with Gasteiger partial charge in [-0.2, -0.15) is 0 Å². The Balaban J connectivity index is 0.940. The molecule has 0 aliphatic heterocycles. The molecule has 65 heavy (non-hydrogen) atoms. The molecule has 12 aromatic rings. The Morgan fingerprint density at radius 3 is 1.09 bits per heavy atom. The van der Waals surface area contributed by atoms with Crippen LogP contribution in [-0.4, -0.2) is 24.5 Å². The number of aromatic nitrogens is 5. The van der Waals surface area contributed by atoms with Gasteiger partial charge in [-0.05, 0) is 184 Å². The highest BCUT2D eigenvalue weighted by molar-refractivity contribution is 7.25. The molecular formula is C56H35N5S4. The van der Waals surface area contributed by atoms with Gasteiger partial charge < -0.3 is 4.57 Å². The number of nitrogens with zero attached hydrogens (tertiary/aromatic N) is 5. The van der Waals surface area contributed by atoms with Gasteiger partial charge >= 0.3 is 0 Å². The summed E-state index contributed by atoms with van der Waals surface area (Å²) in [7, 11) is 0. The van der Waals surface area contributed by atoms with E-state index < -0.39 is 0 Å². The number of hydrogen-bond donors (Lipinski definition) is 0. The van der Waals surface area contributed by atoms with Crippen LogP contribution in [0.1, 0.15) is 16.7 Å². The Morgan fingerprint density at radius 1 is 0.338 bits per heavy atom. The molecule has 308 valence electrons. The zero-order chi connectivity index (χ0) is 43.1. The van der Waals surface area contributed by atoms with E-state index in [9.17, 15) is 0 Å². The van der Waals surface area contributed by atoms with Crippen LogP contribution in [0.4, 0.5) is 0 Å². The number of hydrogen-bond acceptors (Lipinski definition) is 8. The first kappa shape index (κ1) is 39.2. The van der Waals surface area contributed by atoms with Crippen molar-refractivity contribution >= 4 is 78.8 Å². The zero-order valence-corrected chi connectivity index (χ0v) is 37.8. The van der Waals surface area contributed by atoms with E-state index in [1.807, 2.05) is 94.9 Å². The third-order valence-electron chi connectivity index (χ3n) is 11.6.